The number of nitrogens with zero attached hydrogens (tertiary/aromatic N) is 5. The smallest absolute Gasteiger partial charge is 0.212 e. The summed E-state index contributed by atoms with van der Waals surface area (Å²) >= 11 is 6.39. The Morgan fingerprint density at radius 1 is 1.39 bits per heavy atom. The molecule has 10 heteroatoms. The van der Waals surface area contributed by atoms with E-state index in [-0.39, 0.29) is 10.6 Å². The number of hydrogen-bond acceptors (Lipinski definition) is 5. The molecule has 2 N–H and O–H groups in total. The molecule has 28 heavy (non-hydrogen) atoms. The van der Waals surface area contributed by atoms with Gasteiger partial charge in [0.1, 0.15) is 5.82 Å². The number of aromatic nitrogens is 5. The highest BCUT2D eigenvalue weighted by Gasteiger charge is 2.32. The van der Waals surface area contributed by atoms with Crippen LogP contribution in [0.3, 0.4) is 0 Å². The largest absolute Gasteiger partial charge is 0.312 e. The lowest BCUT2D eigenvalue weighted by molar-refractivity contribution is -0.105. The van der Waals surface area contributed by atoms with Crippen molar-refractivity contribution in [1.29, 1.82) is 5.26 Å². The number of rotatable bonds is 4. The normalized spacial score (nSPS) is 11.7. The monoisotopic (exact) mass is 397 g/mol. The van der Waals surface area contributed by atoms with Crippen molar-refractivity contribution in [2.75, 3.05) is 5.32 Å². The molecule has 4 aromatic rings. The minimum Gasteiger partial charge on any atom is -0.312 e. The number of H-pyrrole nitrogens is 1. The third-order valence-electron chi connectivity index (χ3n) is 4.50. The van der Waals surface area contributed by atoms with Gasteiger partial charge < -0.3 is 9.72 Å². The minimum absolute atomic E-state index is 0.148. The first-order chi connectivity index (χ1) is 13.4. The SMILES string of the molecule is CC(C)(C#N)c1c(F)c(Cl)c(-c2cn3cc(NC=O)nc3cn2)c2cn[nH]c12. The van der Waals surface area contributed by atoms with Crippen molar-refractivity contribution < 1.29 is 9.18 Å². The third kappa shape index (κ3) is 2.58. The molecule has 140 valence electrons. The molecule has 0 bridgehead atoms. The van der Waals surface area contributed by atoms with Crippen LogP contribution < -0.4 is 5.32 Å². The molecule has 8 nitrogen and oxygen atoms in total. The van der Waals surface area contributed by atoms with E-state index >= 15 is 4.39 Å². The van der Waals surface area contributed by atoms with Gasteiger partial charge in [-0.15, -0.1) is 0 Å². The van der Waals surface area contributed by atoms with E-state index in [0.29, 0.717) is 40.0 Å². The number of fused-ring (bicyclic) bond motifs is 2. The first-order valence-electron chi connectivity index (χ1n) is 8.18. The lowest BCUT2D eigenvalue weighted by Crippen LogP contribution is -2.17. The summed E-state index contributed by atoms with van der Waals surface area (Å²) in [5.41, 5.74) is 0.654. The highest BCUT2D eigenvalue weighted by Crippen LogP contribution is 2.42. The van der Waals surface area contributed by atoms with Gasteiger partial charge in [0.15, 0.2) is 11.5 Å². The molecule has 0 saturated heterocycles. The Balaban J connectivity index is 2.00. The number of benzene rings is 1. The molecular weight excluding hydrogens is 385 g/mol. The van der Waals surface area contributed by atoms with E-state index in [1.165, 1.54) is 12.4 Å². The molecule has 0 atom stereocenters. The number of aromatic amines is 1. The van der Waals surface area contributed by atoms with E-state index in [1.54, 1.807) is 30.6 Å². The summed E-state index contributed by atoms with van der Waals surface area (Å²) in [5.74, 6) is -0.346. The number of anilines is 1. The molecule has 0 aliphatic rings. The van der Waals surface area contributed by atoms with Crippen LogP contribution in [-0.2, 0) is 10.2 Å². The van der Waals surface area contributed by atoms with E-state index in [9.17, 15) is 10.1 Å². The summed E-state index contributed by atoms with van der Waals surface area (Å²) < 4.78 is 16.9. The van der Waals surface area contributed by atoms with Crippen LogP contribution in [0.4, 0.5) is 10.2 Å². The highest BCUT2D eigenvalue weighted by molar-refractivity contribution is 6.35. The fourth-order valence-electron chi connectivity index (χ4n) is 3.17. The van der Waals surface area contributed by atoms with Gasteiger partial charge in [-0.2, -0.15) is 10.4 Å². The Kier molecular flexibility index (Phi) is 4.01. The van der Waals surface area contributed by atoms with Crippen LogP contribution in [0, 0.1) is 17.1 Å². The molecule has 1 amide bonds. The molecule has 0 saturated carbocycles. The van der Waals surface area contributed by atoms with Crippen LogP contribution >= 0.6 is 11.6 Å². The lowest BCUT2D eigenvalue weighted by atomic mass is 9.83. The van der Waals surface area contributed by atoms with Gasteiger partial charge in [-0.05, 0) is 13.8 Å². The lowest BCUT2D eigenvalue weighted by Gasteiger charge is -2.20. The van der Waals surface area contributed by atoms with Crippen LogP contribution in [-0.4, -0.2) is 31.0 Å². The van der Waals surface area contributed by atoms with E-state index in [1.807, 2.05) is 0 Å². The first-order valence-corrected chi connectivity index (χ1v) is 8.56. The van der Waals surface area contributed by atoms with Gasteiger partial charge in [-0.1, -0.05) is 11.6 Å². The molecule has 3 heterocycles. The number of nitriles is 1. The van der Waals surface area contributed by atoms with Gasteiger partial charge in [-0.3, -0.25) is 14.9 Å². The Morgan fingerprint density at radius 3 is 2.89 bits per heavy atom. The molecule has 0 spiro atoms. The van der Waals surface area contributed by atoms with Gasteiger partial charge in [0.05, 0.1) is 46.3 Å². The van der Waals surface area contributed by atoms with Crippen LogP contribution in [0.15, 0.2) is 24.8 Å². The molecular formula is C18H13ClFN7O. The number of nitrogens with one attached hydrogen (secondary N) is 2. The average Bonchev–Trinajstić information content (AvgIpc) is 3.28. The summed E-state index contributed by atoms with van der Waals surface area (Å²) in [6.45, 7) is 3.22. The predicted molar refractivity (Wildman–Crippen MR) is 101 cm³/mol. The van der Waals surface area contributed by atoms with Gasteiger partial charge in [0.25, 0.3) is 0 Å². The van der Waals surface area contributed by atoms with Crippen LogP contribution in [0.5, 0.6) is 0 Å². The molecule has 0 radical (unpaired) electrons. The second-order valence-electron chi connectivity index (χ2n) is 6.70. The zero-order valence-electron chi connectivity index (χ0n) is 14.8. The van der Waals surface area contributed by atoms with Gasteiger partial charge in [0, 0.05) is 22.7 Å². The third-order valence-corrected chi connectivity index (χ3v) is 4.85. The van der Waals surface area contributed by atoms with Crippen LogP contribution in [0.2, 0.25) is 5.02 Å². The first kappa shape index (κ1) is 17.9. The van der Waals surface area contributed by atoms with Crippen molar-refractivity contribution in [2.24, 2.45) is 0 Å². The van der Waals surface area contributed by atoms with Gasteiger partial charge >= 0.3 is 0 Å². The molecule has 0 fully saturated rings. The molecule has 4 rings (SSSR count). The predicted octanol–water partition coefficient (Wildman–Crippen LogP) is 3.43. The quantitative estimate of drug-likeness (QED) is 0.512. The summed E-state index contributed by atoms with van der Waals surface area (Å²) in [4.78, 5) is 19.1. The van der Waals surface area contributed by atoms with Crippen LogP contribution in [0.1, 0.15) is 19.4 Å². The maximum Gasteiger partial charge on any atom is 0.212 e. The summed E-state index contributed by atoms with van der Waals surface area (Å²) in [6, 6.07) is 2.10. The van der Waals surface area contributed by atoms with Crippen molar-refractivity contribution >= 4 is 40.4 Å². The zero-order chi connectivity index (χ0) is 20.1. The van der Waals surface area contributed by atoms with Crippen molar-refractivity contribution in [1.82, 2.24) is 24.6 Å². The number of carbonyl (C=O) groups is 1. The molecule has 0 unspecified atom stereocenters. The molecule has 0 aliphatic heterocycles. The van der Waals surface area contributed by atoms with Gasteiger partial charge in [0.2, 0.25) is 6.41 Å². The Hall–Kier alpha value is -3.51. The van der Waals surface area contributed by atoms with Crippen LogP contribution in [0.25, 0.3) is 27.8 Å². The average molecular weight is 398 g/mol. The molecule has 1 aromatic carbocycles. The summed E-state index contributed by atoms with van der Waals surface area (Å²) in [5, 5.41) is 19.1. The Morgan fingerprint density at radius 2 is 2.18 bits per heavy atom. The summed E-state index contributed by atoms with van der Waals surface area (Å²) in [7, 11) is 0. The maximum absolute atomic E-state index is 15.2. The van der Waals surface area contributed by atoms with Crippen molar-refractivity contribution in [2.45, 2.75) is 19.3 Å². The number of amides is 1. The maximum atomic E-state index is 15.2. The topological polar surface area (TPSA) is 112 Å². The fourth-order valence-corrected chi connectivity index (χ4v) is 3.46. The zero-order valence-corrected chi connectivity index (χ0v) is 15.5. The second-order valence-corrected chi connectivity index (χ2v) is 7.08. The number of carbonyl (C=O) groups excluding carboxylic acids is 1. The molecule has 0 aliphatic carbocycles. The Bertz CT molecular complexity index is 1280. The summed E-state index contributed by atoms with van der Waals surface area (Å²) in [6.07, 6.45) is 6.75. The van der Waals surface area contributed by atoms with E-state index in [2.05, 4.69) is 31.6 Å². The number of hydrogen-bond donors (Lipinski definition) is 2. The molecule has 3 aromatic heterocycles. The minimum atomic E-state index is -1.12. The van der Waals surface area contributed by atoms with Gasteiger partial charge in [-0.25, -0.2) is 9.37 Å². The Labute approximate surface area is 163 Å². The standard InChI is InChI=1S/C18H13ClFN7O/c1-18(2,7-21)14-16(20)15(19)13(9-3-24-26-17(9)14)10-5-27-6-11(23-8-28)25-12(27)4-22-10/h3-6,8H,1-2H3,(H,23,28)(H,24,26). The number of imidazole rings is 1. The fraction of sp³-hybridized carbons (Fsp3) is 0.167. The van der Waals surface area contributed by atoms with Crippen molar-refractivity contribution in [3.63, 3.8) is 0 Å². The van der Waals surface area contributed by atoms with E-state index in [0.717, 1.165) is 0 Å². The van der Waals surface area contributed by atoms with E-state index < -0.39 is 11.2 Å². The van der Waals surface area contributed by atoms with E-state index in [4.69, 9.17) is 11.6 Å². The van der Waals surface area contributed by atoms with Crippen molar-refractivity contribution in [3.05, 3.63) is 41.2 Å². The second kappa shape index (κ2) is 6.28. The highest BCUT2D eigenvalue weighted by atomic mass is 35.5. The van der Waals surface area contributed by atoms with Crippen molar-refractivity contribution in [3.8, 4) is 17.3 Å². The number of halogens is 2.